The minimum absolute atomic E-state index is 0.104. The molecule has 4 rings (SSSR count). The fraction of sp³-hybridized carbons (Fsp3) is 0.450. The summed E-state index contributed by atoms with van der Waals surface area (Å²) in [5, 5.41) is 0. The molecule has 1 aromatic heterocycles. The lowest BCUT2D eigenvalue weighted by Gasteiger charge is -2.36. The summed E-state index contributed by atoms with van der Waals surface area (Å²) < 4.78 is 0. The first-order chi connectivity index (χ1) is 13.0. The maximum absolute atomic E-state index is 12.7. The van der Waals surface area contributed by atoms with E-state index in [1.807, 2.05) is 21.9 Å². The first-order valence-corrected chi connectivity index (χ1v) is 9.46. The Kier molecular flexibility index (Phi) is 4.70. The summed E-state index contributed by atoms with van der Waals surface area (Å²) in [6.07, 6.45) is 1.86. The van der Waals surface area contributed by atoms with Crippen molar-refractivity contribution in [2.45, 2.75) is 38.3 Å². The van der Waals surface area contributed by atoms with Crippen molar-refractivity contribution in [2.24, 2.45) is 5.73 Å². The van der Waals surface area contributed by atoms with E-state index in [2.05, 4.69) is 35.1 Å². The number of anilines is 2. The molecule has 7 heteroatoms. The first-order valence-electron chi connectivity index (χ1n) is 9.46. The second-order valence-electron chi connectivity index (χ2n) is 7.66. The number of nitrogens with two attached hydrogens (primary N) is 2. The summed E-state index contributed by atoms with van der Waals surface area (Å²) in [6, 6.07) is 10.5. The molecule has 0 atom stereocenters. The third-order valence-corrected chi connectivity index (χ3v) is 5.44. The molecule has 0 unspecified atom stereocenters. The van der Waals surface area contributed by atoms with Gasteiger partial charge in [0, 0.05) is 37.7 Å². The van der Waals surface area contributed by atoms with Crippen LogP contribution in [0.5, 0.6) is 0 Å². The van der Waals surface area contributed by atoms with Gasteiger partial charge in [-0.2, -0.15) is 4.98 Å². The van der Waals surface area contributed by atoms with Crippen LogP contribution < -0.4 is 16.4 Å². The molecule has 1 aliphatic carbocycles. The Hall–Kier alpha value is -2.67. The number of benzene rings is 1. The Morgan fingerprint density at radius 3 is 2.70 bits per heavy atom. The zero-order valence-electron chi connectivity index (χ0n) is 15.6. The molecule has 0 bridgehead atoms. The van der Waals surface area contributed by atoms with Crippen LogP contribution in [-0.4, -0.2) is 46.5 Å². The van der Waals surface area contributed by atoms with Crippen molar-refractivity contribution >= 4 is 17.7 Å². The maximum atomic E-state index is 12.7. The summed E-state index contributed by atoms with van der Waals surface area (Å²) in [4.78, 5) is 25.3. The molecule has 1 amide bonds. The molecule has 1 saturated heterocycles. The average molecular weight is 366 g/mol. The fourth-order valence-corrected chi connectivity index (χ4v) is 3.85. The highest BCUT2D eigenvalue weighted by Gasteiger charge is 2.30. The molecular formula is C20H26N6O. The number of aromatic nitrogens is 2. The van der Waals surface area contributed by atoms with Crippen molar-refractivity contribution in [2.75, 3.05) is 30.3 Å². The number of nitrogens with zero attached hydrogens (tertiary/aromatic N) is 4. The number of amides is 1. The van der Waals surface area contributed by atoms with Crippen molar-refractivity contribution in [3.05, 3.63) is 47.2 Å². The molecule has 142 valence electrons. The van der Waals surface area contributed by atoms with Crippen LogP contribution in [0.1, 0.15) is 35.6 Å². The third kappa shape index (κ3) is 3.88. The number of rotatable bonds is 4. The summed E-state index contributed by atoms with van der Waals surface area (Å²) in [5.41, 5.74) is 15.1. The zero-order valence-corrected chi connectivity index (χ0v) is 15.6. The van der Waals surface area contributed by atoms with E-state index in [9.17, 15) is 4.79 Å². The van der Waals surface area contributed by atoms with E-state index in [-0.39, 0.29) is 17.9 Å². The molecule has 1 aromatic carbocycles. The SMILES string of the molecule is Cc1cccc(CN2CCN(c3cc(C4CC(N)C4)nc(N)n3)CC2=O)c1. The van der Waals surface area contributed by atoms with Crippen LogP contribution in [-0.2, 0) is 11.3 Å². The molecule has 2 fully saturated rings. The Morgan fingerprint density at radius 2 is 2.00 bits per heavy atom. The van der Waals surface area contributed by atoms with E-state index < -0.39 is 0 Å². The van der Waals surface area contributed by atoms with Gasteiger partial charge in [-0.15, -0.1) is 0 Å². The second kappa shape index (κ2) is 7.15. The van der Waals surface area contributed by atoms with Gasteiger partial charge >= 0.3 is 0 Å². The predicted octanol–water partition coefficient (Wildman–Crippen LogP) is 1.42. The highest BCUT2D eigenvalue weighted by Crippen LogP contribution is 2.36. The van der Waals surface area contributed by atoms with Crippen molar-refractivity contribution in [1.29, 1.82) is 0 Å². The number of nitrogen functional groups attached to an aromatic ring is 1. The molecule has 1 saturated carbocycles. The van der Waals surface area contributed by atoms with Gasteiger partial charge in [0.15, 0.2) is 0 Å². The number of aryl methyl sites for hydroxylation is 1. The van der Waals surface area contributed by atoms with E-state index in [1.54, 1.807) is 0 Å². The van der Waals surface area contributed by atoms with Crippen molar-refractivity contribution in [3.63, 3.8) is 0 Å². The molecule has 4 N–H and O–H groups in total. The van der Waals surface area contributed by atoms with E-state index >= 15 is 0 Å². The van der Waals surface area contributed by atoms with Gasteiger partial charge in [0.25, 0.3) is 0 Å². The van der Waals surface area contributed by atoms with Crippen molar-refractivity contribution < 1.29 is 4.79 Å². The average Bonchev–Trinajstić information content (AvgIpc) is 2.60. The highest BCUT2D eigenvalue weighted by atomic mass is 16.2. The Balaban J connectivity index is 1.44. The van der Waals surface area contributed by atoms with Crippen LogP contribution in [0.3, 0.4) is 0 Å². The standard InChI is InChI=1S/C20H26N6O/c1-13-3-2-4-14(7-13)11-26-6-5-25(12-19(26)27)18-10-17(23-20(22)24-18)15-8-16(21)9-15/h2-4,7,10,15-16H,5-6,8-9,11-12,21H2,1H3,(H2,22,23,24). The lowest BCUT2D eigenvalue weighted by atomic mass is 9.78. The molecule has 2 heterocycles. The summed E-state index contributed by atoms with van der Waals surface area (Å²) in [7, 11) is 0. The normalized spacial score (nSPS) is 22.7. The van der Waals surface area contributed by atoms with Crippen LogP contribution in [0, 0.1) is 6.92 Å². The van der Waals surface area contributed by atoms with Crippen molar-refractivity contribution in [1.82, 2.24) is 14.9 Å². The second-order valence-corrected chi connectivity index (χ2v) is 7.66. The van der Waals surface area contributed by atoms with E-state index in [0.717, 1.165) is 36.5 Å². The smallest absolute Gasteiger partial charge is 0.242 e. The topological polar surface area (TPSA) is 101 Å². The molecular weight excluding hydrogens is 340 g/mol. The number of piperazine rings is 1. The van der Waals surface area contributed by atoms with Gasteiger partial charge in [0.1, 0.15) is 5.82 Å². The van der Waals surface area contributed by atoms with Crippen molar-refractivity contribution in [3.8, 4) is 0 Å². The van der Waals surface area contributed by atoms with Gasteiger partial charge < -0.3 is 21.3 Å². The lowest BCUT2D eigenvalue weighted by Crippen LogP contribution is -2.50. The fourth-order valence-electron chi connectivity index (χ4n) is 3.85. The Morgan fingerprint density at radius 1 is 1.19 bits per heavy atom. The number of hydrogen-bond acceptors (Lipinski definition) is 6. The van der Waals surface area contributed by atoms with Crippen LogP contribution in [0.25, 0.3) is 0 Å². The molecule has 2 aromatic rings. The Bertz CT molecular complexity index is 848. The van der Waals surface area contributed by atoms with Crippen LogP contribution in [0.2, 0.25) is 0 Å². The minimum Gasteiger partial charge on any atom is -0.368 e. The van der Waals surface area contributed by atoms with Crippen LogP contribution in [0.15, 0.2) is 30.3 Å². The largest absolute Gasteiger partial charge is 0.368 e. The minimum atomic E-state index is 0.104. The molecule has 2 aliphatic rings. The molecule has 27 heavy (non-hydrogen) atoms. The van der Waals surface area contributed by atoms with E-state index in [1.165, 1.54) is 5.56 Å². The molecule has 0 spiro atoms. The van der Waals surface area contributed by atoms with Gasteiger partial charge in [0.05, 0.1) is 12.2 Å². The molecule has 0 radical (unpaired) electrons. The first kappa shape index (κ1) is 17.7. The number of hydrogen-bond donors (Lipinski definition) is 2. The highest BCUT2D eigenvalue weighted by molar-refractivity contribution is 5.82. The van der Waals surface area contributed by atoms with E-state index in [0.29, 0.717) is 25.6 Å². The summed E-state index contributed by atoms with van der Waals surface area (Å²) in [6.45, 7) is 4.42. The lowest BCUT2D eigenvalue weighted by molar-refractivity contribution is -0.131. The van der Waals surface area contributed by atoms with Crippen LogP contribution >= 0.6 is 0 Å². The van der Waals surface area contributed by atoms with Gasteiger partial charge in [-0.25, -0.2) is 4.98 Å². The summed E-state index contributed by atoms with van der Waals surface area (Å²) >= 11 is 0. The molecule has 7 nitrogen and oxygen atoms in total. The van der Waals surface area contributed by atoms with Gasteiger partial charge in [-0.1, -0.05) is 29.8 Å². The van der Waals surface area contributed by atoms with Crippen LogP contribution in [0.4, 0.5) is 11.8 Å². The van der Waals surface area contributed by atoms with Gasteiger partial charge in [-0.3, -0.25) is 4.79 Å². The van der Waals surface area contributed by atoms with Gasteiger partial charge in [0.2, 0.25) is 11.9 Å². The van der Waals surface area contributed by atoms with Gasteiger partial charge in [-0.05, 0) is 25.3 Å². The molecule has 1 aliphatic heterocycles. The predicted molar refractivity (Wildman–Crippen MR) is 105 cm³/mol. The zero-order chi connectivity index (χ0) is 19.0. The number of carbonyl (C=O) groups excluding carboxylic acids is 1. The third-order valence-electron chi connectivity index (χ3n) is 5.44. The maximum Gasteiger partial charge on any atom is 0.242 e. The monoisotopic (exact) mass is 366 g/mol. The number of carbonyl (C=O) groups is 1. The van der Waals surface area contributed by atoms with E-state index in [4.69, 9.17) is 11.5 Å². The summed E-state index contributed by atoms with van der Waals surface area (Å²) in [5.74, 6) is 1.45. The quantitative estimate of drug-likeness (QED) is 0.849. The Labute approximate surface area is 159 Å².